The molecule has 30 heavy (non-hydrogen) atoms. The Morgan fingerprint density at radius 1 is 1.27 bits per heavy atom. The van der Waals surface area contributed by atoms with E-state index in [2.05, 4.69) is 31.1 Å². The van der Waals surface area contributed by atoms with Gasteiger partial charge in [-0.3, -0.25) is 4.79 Å². The summed E-state index contributed by atoms with van der Waals surface area (Å²) in [7, 11) is 3.98. The number of aromatic nitrogens is 2. The molecule has 0 radical (unpaired) electrons. The second-order valence-electron chi connectivity index (χ2n) is 8.87. The van der Waals surface area contributed by atoms with E-state index in [9.17, 15) is 4.79 Å². The highest BCUT2D eigenvalue weighted by Crippen LogP contribution is 2.28. The Kier molecular flexibility index (Phi) is 7.36. The Hall–Kier alpha value is -2.12. The molecule has 2 aromatic rings. The molecule has 1 amide bonds. The molecule has 6 nitrogen and oxygen atoms in total. The SMILES string of the molecule is CN(C)c1cc(C(C)(C)C)nc(SCc2cccc(C(=O)NC[C@H]3CCCO3)c2)n1. The smallest absolute Gasteiger partial charge is 0.251 e. The summed E-state index contributed by atoms with van der Waals surface area (Å²) in [5, 5.41) is 3.73. The van der Waals surface area contributed by atoms with E-state index in [-0.39, 0.29) is 17.4 Å². The van der Waals surface area contributed by atoms with Crippen molar-refractivity contribution in [2.45, 2.75) is 56.0 Å². The molecule has 1 aromatic carbocycles. The van der Waals surface area contributed by atoms with Crippen molar-refractivity contribution in [2.24, 2.45) is 0 Å². The van der Waals surface area contributed by atoms with Crippen molar-refractivity contribution < 1.29 is 9.53 Å². The summed E-state index contributed by atoms with van der Waals surface area (Å²) >= 11 is 1.59. The third-order valence-electron chi connectivity index (χ3n) is 4.99. The molecule has 3 rings (SSSR count). The van der Waals surface area contributed by atoms with Gasteiger partial charge < -0.3 is 15.0 Å². The van der Waals surface area contributed by atoms with E-state index in [1.807, 2.05) is 49.3 Å². The molecule has 2 heterocycles. The van der Waals surface area contributed by atoms with Crippen molar-refractivity contribution >= 4 is 23.5 Å². The van der Waals surface area contributed by atoms with Gasteiger partial charge in [0.2, 0.25) is 0 Å². The predicted octanol–water partition coefficient (Wildman–Crippen LogP) is 4.04. The monoisotopic (exact) mass is 428 g/mol. The van der Waals surface area contributed by atoms with Crippen molar-refractivity contribution in [3.63, 3.8) is 0 Å². The fourth-order valence-corrected chi connectivity index (χ4v) is 3.95. The van der Waals surface area contributed by atoms with Crippen LogP contribution in [0, 0.1) is 0 Å². The number of hydrogen-bond acceptors (Lipinski definition) is 6. The Bertz CT molecular complexity index is 874. The molecule has 1 fully saturated rings. The van der Waals surface area contributed by atoms with Crippen molar-refractivity contribution in [1.29, 1.82) is 0 Å². The van der Waals surface area contributed by atoms with Crippen LogP contribution in [0.15, 0.2) is 35.5 Å². The maximum atomic E-state index is 12.5. The predicted molar refractivity (Wildman–Crippen MR) is 122 cm³/mol. The summed E-state index contributed by atoms with van der Waals surface area (Å²) in [5.74, 6) is 1.55. The van der Waals surface area contributed by atoms with Gasteiger partial charge in [0.1, 0.15) is 5.82 Å². The van der Waals surface area contributed by atoms with Gasteiger partial charge in [-0.25, -0.2) is 9.97 Å². The summed E-state index contributed by atoms with van der Waals surface area (Å²) in [6, 6.07) is 9.79. The van der Waals surface area contributed by atoms with Crippen LogP contribution in [-0.2, 0) is 15.9 Å². The molecule has 0 unspecified atom stereocenters. The number of nitrogens with one attached hydrogen (secondary N) is 1. The topological polar surface area (TPSA) is 67.4 Å². The minimum atomic E-state index is -0.0572. The number of rotatable bonds is 7. The van der Waals surface area contributed by atoms with E-state index in [0.29, 0.717) is 17.9 Å². The van der Waals surface area contributed by atoms with Crippen molar-refractivity contribution in [3.8, 4) is 0 Å². The van der Waals surface area contributed by atoms with Crippen molar-refractivity contribution in [1.82, 2.24) is 15.3 Å². The average Bonchev–Trinajstić information content (AvgIpc) is 3.23. The van der Waals surface area contributed by atoms with Gasteiger partial charge in [-0.05, 0) is 30.5 Å². The van der Waals surface area contributed by atoms with E-state index >= 15 is 0 Å². The van der Waals surface area contributed by atoms with E-state index in [1.54, 1.807) is 11.8 Å². The first-order chi connectivity index (χ1) is 14.2. The molecule has 0 saturated carbocycles. The highest BCUT2D eigenvalue weighted by Gasteiger charge is 2.19. The van der Waals surface area contributed by atoms with Crippen LogP contribution in [0.3, 0.4) is 0 Å². The summed E-state index contributed by atoms with van der Waals surface area (Å²) in [6.07, 6.45) is 2.23. The summed E-state index contributed by atoms with van der Waals surface area (Å²) in [6.45, 7) is 7.82. The van der Waals surface area contributed by atoms with E-state index in [0.717, 1.165) is 41.7 Å². The Balaban J connectivity index is 1.66. The average molecular weight is 429 g/mol. The Morgan fingerprint density at radius 2 is 2.07 bits per heavy atom. The first kappa shape index (κ1) is 22.6. The van der Waals surface area contributed by atoms with Crippen LogP contribution in [0.2, 0.25) is 0 Å². The zero-order chi connectivity index (χ0) is 21.7. The molecule has 7 heteroatoms. The van der Waals surface area contributed by atoms with Crippen molar-refractivity contribution in [2.75, 3.05) is 32.1 Å². The molecule has 1 N–H and O–H groups in total. The van der Waals surface area contributed by atoms with E-state index in [1.165, 1.54) is 0 Å². The van der Waals surface area contributed by atoms with Crippen LogP contribution in [0.25, 0.3) is 0 Å². The number of anilines is 1. The lowest BCUT2D eigenvalue weighted by molar-refractivity contribution is 0.0857. The van der Waals surface area contributed by atoms with Gasteiger partial charge in [0.25, 0.3) is 5.91 Å². The Morgan fingerprint density at radius 3 is 2.73 bits per heavy atom. The third kappa shape index (κ3) is 6.19. The van der Waals surface area contributed by atoms with Gasteiger partial charge in [0.05, 0.1) is 11.8 Å². The maximum absolute atomic E-state index is 12.5. The van der Waals surface area contributed by atoms with Gasteiger partial charge in [-0.15, -0.1) is 0 Å². The van der Waals surface area contributed by atoms with Crippen molar-refractivity contribution in [3.05, 3.63) is 47.2 Å². The number of thioether (sulfide) groups is 1. The van der Waals surface area contributed by atoms with E-state index < -0.39 is 0 Å². The number of benzene rings is 1. The first-order valence-corrected chi connectivity index (χ1v) is 11.4. The summed E-state index contributed by atoms with van der Waals surface area (Å²) in [5.41, 5.74) is 2.71. The summed E-state index contributed by atoms with van der Waals surface area (Å²) < 4.78 is 5.57. The second-order valence-corrected chi connectivity index (χ2v) is 9.81. The van der Waals surface area contributed by atoms with Crippen LogP contribution in [0.1, 0.15) is 55.2 Å². The normalized spacial score (nSPS) is 16.5. The van der Waals surface area contributed by atoms with Crippen LogP contribution >= 0.6 is 11.8 Å². The number of carbonyl (C=O) groups is 1. The molecule has 1 atom stereocenters. The second kappa shape index (κ2) is 9.79. The lowest BCUT2D eigenvalue weighted by Crippen LogP contribution is -2.31. The quantitative estimate of drug-likeness (QED) is 0.530. The number of carbonyl (C=O) groups excluding carboxylic acids is 1. The number of nitrogens with zero attached hydrogens (tertiary/aromatic N) is 3. The molecule has 1 aliphatic rings. The lowest BCUT2D eigenvalue weighted by Gasteiger charge is -2.21. The highest BCUT2D eigenvalue weighted by molar-refractivity contribution is 7.98. The molecular weight excluding hydrogens is 396 g/mol. The number of amides is 1. The summed E-state index contributed by atoms with van der Waals surface area (Å²) in [4.78, 5) is 23.9. The van der Waals surface area contributed by atoms with Crippen LogP contribution in [0.4, 0.5) is 5.82 Å². The molecule has 0 bridgehead atoms. The lowest BCUT2D eigenvalue weighted by atomic mass is 9.92. The first-order valence-electron chi connectivity index (χ1n) is 10.4. The van der Waals surface area contributed by atoms with Crippen LogP contribution < -0.4 is 10.2 Å². The number of hydrogen-bond donors (Lipinski definition) is 1. The largest absolute Gasteiger partial charge is 0.376 e. The molecule has 0 aliphatic carbocycles. The number of ether oxygens (including phenoxy) is 1. The zero-order valence-corrected chi connectivity index (χ0v) is 19.4. The molecule has 162 valence electrons. The van der Waals surface area contributed by atoms with Crippen LogP contribution in [0.5, 0.6) is 0 Å². The standard InChI is InChI=1S/C23H32N4O2S/c1-23(2,3)19-13-20(27(4)5)26-22(25-19)30-15-16-8-6-9-17(12-16)21(28)24-14-18-10-7-11-29-18/h6,8-9,12-13,18H,7,10-11,14-15H2,1-5H3,(H,24,28)/t18-/m1/s1. The van der Waals surface area contributed by atoms with Gasteiger partial charge in [0, 0.05) is 50.0 Å². The molecular formula is C23H32N4O2S. The van der Waals surface area contributed by atoms with Gasteiger partial charge in [-0.2, -0.15) is 0 Å². The minimum absolute atomic E-state index is 0.0515. The molecule has 1 aliphatic heterocycles. The highest BCUT2D eigenvalue weighted by atomic mass is 32.2. The fourth-order valence-electron chi connectivity index (χ4n) is 3.15. The molecule has 1 aromatic heterocycles. The van der Waals surface area contributed by atoms with Crippen LogP contribution in [-0.4, -0.2) is 49.2 Å². The van der Waals surface area contributed by atoms with Gasteiger partial charge in [0.15, 0.2) is 5.16 Å². The van der Waals surface area contributed by atoms with Gasteiger partial charge >= 0.3 is 0 Å². The fraction of sp³-hybridized carbons (Fsp3) is 0.522. The molecule has 1 saturated heterocycles. The zero-order valence-electron chi connectivity index (χ0n) is 18.6. The minimum Gasteiger partial charge on any atom is -0.376 e. The Labute approximate surface area is 183 Å². The van der Waals surface area contributed by atoms with Gasteiger partial charge in [-0.1, -0.05) is 44.7 Å². The van der Waals surface area contributed by atoms with E-state index in [4.69, 9.17) is 9.72 Å². The third-order valence-corrected chi connectivity index (χ3v) is 5.91. The maximum Gasteiger partial charge on any atom is 0.251 e. The molecule has 0 spiro atoms.